The van der Waals surface area contributed by atoms with Gasteiger partial charge in [0.1, 0.15) is 17.3 Å². The molecule has 2 rings (SSSR count). The standard InChI is InChI=1S/C23H32O3.C4H8O.2C3H8/c1-5-8-18(20(6-2)21(25)11-16(4)24)12-17-13-19-10-7-9-15(3)23(19)22(26)14-17;1-3-4(2)5;2*1-3-2/h7,9-10,17-18,20H,5-6,8,11-14H2,1-4H3;3H2,1-2H3;2*3H2,1-2H3. The van der Waals surface area contributed by atoms with Crippen molar-refractivity contribution in [1.82, 2.24) is 0 Å². The molecule has 0 N–H and O–H groups in total. The van der Waals surface area contributed by atoms with Crippen molar-refractivity contribution in [3.63, 3.8) is 0 Å². The summed E-state index contributed by atoms with van der Waals surface area (Å²) < 4.78 is 0. The molecule has 3 unspecified atom stereocenters. The molecule has 212 valence electrons. The van der Waals surface area contributed by atoms with Gasteiger partial charge in [-0.05, 0) is 63.0 Å². The lowest BCUT2D eigenvalue weighted by Crippen LogP contribution is -2.29. The van der Waals surface area contributed by atoms with E-state index in [1.165, 1.54) is 19.8 Å². The summed E-state index contributed by atoms with van der Waals surface area (Å²) in [4.78, 5) is 46.4. The van der Waals surface area contributed by atoms with Gasteiger partial charge in [0.25, 0.3) is 0 Å². The van der Waals surface area contributed by atoms with Crippen molar-refractivity contribution in [2.75, 3.05) is 0 Å². The number of fused-ring (bicyclic) bond motifs is 1. The van der Waals surface area contributed by atoms with E-state index in [0.717, 1.165) is 48.8 Å². The van der Waals surface area contributed by atoms with E-state index in [-0.39, 0.29) is 41.4 Å². The third-order valence-corrected chi connectivity index (χ3v) is 6.26. The molecule has 4 heteroatoms. The summed E-state index contributed by atoms with van der Waals surface area (Å²) in [6, 6.07) is 6.10. The van der Waals surface area contributed by atoms with Crippen molar-refractivity contribution in [2.24, 2.45) is 17.8 Å². The molecule has 0 bridgehead atoms. The van der Waals surface area contributed by atoms with Gasteiger partial charge in [0, 0.05) is 24.3 Å². The van der Waals surface area contributed by atoms with Gasteiger partial charge >= 0.3 is 0 Å². The Balaban J connectivity index is 0. The number of hydrogen-bond donors (Lipinski definition) is 0. The summed E-state index contributed by atoms with van der Waals surface area (Å²) in [5, 5.41) is 0. The Morgan fingerprint density at radius 1 is 0.892 bits per heavy atom. The van der Waals surface area contributed by atoms with Crippen LogP contribution in [0.1, 0.15) is 142 Å². The highest BCUT2D eigenvalue weighted by molar-refractivity contribution is 6.00. The molecule has 0 fully saturated rings. The average molecular weight is 517 g/mol. The van der Waals surface area contributed by atoms with Gasteiger partial charge in [-0.15, -0.1) is 0 Å². The monoisotopic (exact) mass is 516 g/mol. The van der Waals surface area contributed by atoms with Gasteiger partial charge in [-0.3, -0.25) is 14.4 Å². The number of hydrogen-bond acceptors (Lipinski definition) is 4. The molecule has 0 heterocycles. The minimum absolute atomic E-state index is 0.0460. The lowest BCUT2D eigenvalue weighted by molar-refractivity contribution is -0.130. The van der Waals surface area contributed by atoms with Gasteiger partial charge in [0.2, 0.25) is 0 Å². The van der Waals surface area contributed by atoms with Crippen molar-refractivity contribution in [1.29, 1.82) is 0 Å². The Labute approximate surface area is 228 Å². The van der Waals surface area contributed by atoms with Crippen LogP contribution in [0.15, 0.2) is 18.2 Å². The minimum Gasteiger partial charge on any atom is -0.300 e. The Hall–Kier alpha value is -2.10. The van der Waals surface area contributed by atoms with Gasteiger partial charge in [0.05, 0.1) is 6.42 Å². The van der Waals surface area contributed by atoms with Gasteiger partial charge in [-0.1, -0.05) is 92.3 Å². The maximum Gasteiger partial charge on any atom is 0.163 e. The van der Waals surface area contributed by atoms with E-state index >= 15 is 0 Å². The lowest BCUT2D eigenvalue weighted by Gasteiger charge is -2.31. The molecule has 37 heavy (non-hydrogen) atoms. The third kappa shape index (κ3) is 15.7. The molecule has 0 amide bonds. The van der Waals surface area contributed by atoms with Crippen LogP contribution >= 0.6 is 0 Å². The minimum atomic E-state index is -0.0622. The van der Waals surface area contributed by atoms with Crippen LogP contribution < -0.4 is 0 Å². The van der Waals surface area contributed by atoms with Crippen LogP contribution in [0.5, 0.6) is 0 Å². The fourth-order valence-corrected chi connectivity index (χ4v) is 4.69. The predicted octanol–water partition coefficient (Wildman–Crippen LogP) is 8.94. The van der Waals surface area contributed by atoms with Crippen LogP contribution in [0.2, 0.25) is 0 Å². The van der Waals surface area contributed by atoms with Crippen LogP contribution in [0.3, 0.4) is 0 Å². The number of benzene rings is 1. The Morgan fingerprint density at radius 3 is 1.86 bits per heavy atom. The molecule has 1 aliphatic rings. The zero-order valence-electron chi connectivity index (χ0n) is 25.7. The number of carbonyl (C=O) groups is 4. The summed E-state index contributed by atoms with van der Waals surface area (Å²) in [5.41, 5.74) is 3.14. The molecule has 4 nitrogen and oxygen atoms in total. The Kier molecular flexibility index (Phi) is 22.0. The summed E-state index contributed by atoms with van der Waals surface area (Å²) >= 11 is 0. The van der Waals surface area contributed by atoms with Gasteiger partial charge in [-0.2, -0.15) is 0 Å². The highest BCUT2D eigenvalue weighted by Crippen LogP contribution is 2.36. The van der Waals surface area contributed by atoms with E-state index < -0.39 is 0 Å². The van der Waals surface area contributed by atoms with E-state index in [4.69, 9.17) is 0 Å². The molecule has 0 saturated heterocycles. The quantitative estimate of drug-likeness (QED) is 0.291. The van der Waals surface area contributed by atoms with Crippen LogP contribution in [-0.2, 0) is 20.8 Å². The molecule has 1 aromatic carbocycles. The maximum atomic E-state index is 12.7. The number of ketones is 4. The first kappa shape index (κ1) is 37.1. The van der Waals surface area contributed by atoms with Crippen molar-refractivity contribution in [3.05, 3.63) is 34.9 Å². The molecule has 0 spiro atoms. The summed E-state index contributed by atoms with van der Waals surface area (Å²) in [5.74, 6) is 1.02. The first-order valence-corrected chi connectivity index (χ1v) is 14.6. The van der Waals surface area contributed by atoms with Crippen molar-refractivity contribution >= 4 is 23.1 Å². The van der Waals surface area contributed by atoms with Gasteiger partial charge < -0.3 is 4.79 Å². The van der Waals surface area contributed by atoms with E-state index in [1.807, 2.05) is 32.9 Å². The van der Waals surface area contributed by atoms with Crippen LogP contribution in [0, 0.1) is 24.7 Å². The summed E-state index contributed by atoms with van der Waals surface area (Å²) in [6.45, 7) is 19.6. The molecule has 0 radical (unpaired) electrons. The maximum absolute atomic E-state index is 12.7. The topological polar surface area (TPSA) is 68.3 Å². The van der Waals surface area contributed by atoms with Crippen molar-refractivity contribution in [3.8, 4) is 0 Å². The molecular weight excluding hydrogens is 460 g/mol. The second-order valence-corrected chi connectivity index (χ2v) is 10.4. The highest BCUT2D eigenvalue weighted by atomic mass is 16.1. The predicted molar refractivity (Wildman–Crippen MR) is 157 cm³/mol. The van der Waals surface area contributed by atoms with E-state index in [9.17, 15) is 19.2 Å². The van der Waals surface area contributed by atoms with Gasteiger partial charge in [-0.25, -0.2) is 0 Å². The largest absolute Gasteiger partial charge is 0.300 e. The third-order valence-electron chi connectivity index (χ3n) is 6.26. The Bertz CT molecular complexity index is 807. The van der Waals surface area contributed by atoms with E-state index in [0.29, 0.717) is 18.8 Å². The smallest absolute Gasteiger partial charge is 0.163 e. The molecule has 1 aromatic rings. The summed E-state index contributed by atoms with van der Waals surface area (Å²) in [6.07, 6.45) is 8.38. The van der Waals surface area contributed by atoms with Crippen molar-refractivity contribution in [2.45, 2.75) is 133 Å². The van der Waals surface area contributed by atoms with Crippen LogP contribution in [0.25, 0.3) is 0 Å². The number of rotatable bonds is 10. The molecule has 0 saturated carbocycles. The second-order valence-electron chi connectivity index (χ2n) is 10.4. The lowest BCUT2D eigenvalue weighted by atomic mass is 9.72. The van der Waals surface area contributed by atoms with E-state index in [1.54, 1.807) is 6.92 Å². The first-order valence-electron chi connectivity index (χ1n) is 14.6. The SMILES string of the molecule is CCC.CCC.CCC(C)=O.CCCC(CC1CC(=O)c2c(C)cccc2C1)C(CC)C(=O)CC(C)=O. The highest BCUT2D eigenvalue weighted by Gasteiger charge is 2.32. The molecule has 3 atom stereocenters. The summed E-state index contributed by atoms with van der Waals surface area (Å²) in [7, 11) is 0. The fraction of sp³-hybridized carbons (Fsp3) is 0.697. The van der Waals surface area contributed by atoms with Crippen molar-refractivity contribution < 1.29 is 19.2 Å². The Morgan fingerprint density at radius 2 is 1.43 bits per heavy atom. The number of aryl methyl sites for hydroxylation is 1. The number of Topliss-reactive ketones (excluding diaryl/α,β-unsaturated/α-hetero) is 4. The zero-order chi connectivity index (χ0) is 29.0. The molecule has 1 aliphatic carbocycles. The molecule has 0 aliphatic heterocycles. The molecular formula is C33H56O4. The number of carbonyl (C=O) groups excluding carboxylic acids is 4. The van der Waals surface area contributed by atoms with E-state index in [2.05, 4.69) is 40.7 Å². The average Bonchev–Trinajstić information content (AvgIpc) is 2.80. The van der Waals surface area contributed by atoms with Gasteiger partial charge in [0.15, 0.2) is 5.78 Å². The first-order chi connectivity index (χ1) is 17.5. The second kappa shape index (κ2) is 21.9. The fourth-order valence-electron chi connectivity index (χ4n) is 4.69. The zero-order valence-corrected chi connectivity index (χ0v) is 25.7. The molecule has 0 aromatic heterocycles. The van der Waals surface area contributed by atoms with Crippen LogP contribution in [0.4, 0.5) is 0 Å². The normalized spacial score (nSPS) is 15.3. The van der Waals surface area contributed by atoms with Crippen LogP contribution in [-0.4, -0.2) is 23.1 Å².